The molecule has 0 heterocycles. The summed E-state index contributed by atoms with van der Waals surface area (Å²) in [6.45, 7) is 0. The van der Waals surface area contributed by atoms with E-state index in [-0.39, 0.29) is 6.41 Å². The molecule has 1 atom stereocenters. The van der Waals surface area contributed by atoms with E-state index in [0.29, 0.717) is 0 Å². The topological polar surface area (TPSA) is 49.3 Å². The quantitative estimate of drug-likeness (QED) is 0.378. The average molecular weight is 192 g/mol. The summed E-state index contributed by atoms with van der Waals surface area (Å²) in [5, 5.41) is 10.5. The van der Waals surface area contributed by atoms with Crippen molar-refractivity contribution in [3.8, 4) is 0 Å². The van der Waals surface area contributed by atoms with Crippen molar-refractivity contribution in [1.82, 2.24) is 5.32 Å². The Hall–Kier alpha value is 0.300. The van der Waals surface area contributed by atoms with Crippen LogP contribution in [0.4, 0.5) is 0 Å². The first-order valence-corrected chi connectivity index (χ1v) is 3.06. The monoisotopic (exact) mass is 191 g/mol. The van der Waals surface area contributed by atoms with Crippen molar-refractivity contribution in [2.75, 3.05) is 0 Å². The van der Waals surface area contributed by atoms with Crippen LogP contribution in [-0.4, -0.2) is 21.5 Å². The third-order valence-electron chi connectivity index (χ3n) is 0.536. The molecule has 6 heteroatoms. The van der Waals surface area contributed by atoms with Crippen molar-refractivity contribution < 1.29 is 9.90 Å². The Balaban J connectivity index is 3.72. The zero-order valence-corrected chi connectivity index (χ0v) is 6.41. The highest BCUT2D eigenvalue weighted by atomic mass is 35.6. The van der Waals surface area contributed by atoms with E-state index in [0.717, 1.165) is 0 Å². The maximum atomic E-state index is 9.61. The maximum absolute atomic E-state index is 9.61. The predicted octanol–water partition coefficient (Wildman–Crippen LogP) is 0.421. The molecule has 2 N–H and O–H groups in total. The molecule has 54 valence electrons. The largest absolute Gasteiger partial charge is 0.369 e. The van der Waals surface area contributed by atoms with Crippen molar-refractivity contribution in [3.05, 3.63) is 0 Å². The maximum Gasteiger partial charge on any atom is 0.234 e. The van der Waals surface area contributed by atoms with Crippen LogP contribution in [0.3, 0.4) is 0 Å². The van der Waals surface area contributed by atoms with Gasteiger partial charge in [0.25, 0.3) is 0 Å². The number of hydrogen-bond acceptors (Lipinski definition) is 2. The van der Waals surface area contributed by atoms with E-state index in [4.69, 9.17) is 39.9 Å². The van der Waals surface area contributed by atoms with Crippen LogP contribution in [0, 0.1) is 0 Å². The van der Waals surface area contributed by atoms with E-state index < -0.39 is 10.0 Å². The minimum Gasteiger partial charge on any atom is -0.369 e. The van der Waals surface area contributed by atoms with Gasteiger partial charge in [0.1, 0.15) is 0 Å². The van der Waals surface area contributed by atoms with Crippen molar-refractivity contribution in [2.45, 2.75) is 10.0 Å². The molecule has 0 aromatic carbocycles. The van der Waals surface area contributed by atoms with Crippen LogP contribution in [0.15, 0.2) is 0 Å². The van der Waals surface area contributed by atoms with Gasteiger partial charge in [0.2, 0.25) is 10.2 Å². The zero-order valence-electron chi connectivity index (χ0n) is 4.14. The van der Waals surface area contributed by atoms with Gasteiger partial charge in [-0.1, -0.05) is 34.8 Å². The normalized spacial score (nSPS) is 14.7. The van der Waals surface area contributed by atoms with Crippen LogP contribution >= 0.6 is 34.8 Å². The number of aliphatic hydroxyl groups is 1. The van der Waals surface area contributed by atoms with E-state index in [2.05, 4.69) is 0 Å². The zero-order chi connectivity index (χ0) is 7.49. The van der Waals surface area contributed by atoms with Gasteiger partial charge in [-0.25, -0.2) is 0 Å². The summed E-state index contributed by atoms with van der Waals surface area (Å²) in [6.07, 6.45) is -1.22. The fourth-order valence-electron chi connectivity index (χ4n) is 0.159. The van der Waals surface area contributed by atoms with Crippen LogP contribution in [0.5, 0.6) is 0 Å². The van der Waals surface area contributed by atoms with Gasteiger partial charge in [0.15, 0.2) is 6.23 Å². The van der Waals surface area contributed by atoms with Crippen LogP contribution < -0.4 is 5.32 Å². The molecule has 9 heavy (non-hydrogen) atoms. The van der Waals surface area contributed by atoms with Crippen LogP contribution in [0.1, 0.15) is 0 Å². The summed E-state index contributed by atoms with van der Waals surface area (Å²) in [5.74, 6) is 0. The lowest BCUT2D eigenvalue weighted by atomic mass is 10.6. The second-order valence-electron chi connectivity index (χ2n) is 1.23. The molecule has 0 aliphatic heterocycles. The molecule has 0 aliphatic carbocycles. The van der Waals surface area contributed by atoms with Gasteiger partial charge in [-0.3, -0.25) is 4.79 Å². The Morgan fingerprint density at radius 3 is 2.11 bits per heavy atom. The van der Waals surface area contributed by atoms with Crippen molar-refractivity contribution in [3.63, 3.8) is 0 Å². The summed E-state index contributed by atoms with van der Waals surface area (Å²) < 4.78 is -1.86. The highest BCUT2D eigenvalue weighted by Gasteiger charge is 2.29. The predicted molar refractivity (Wildman–Crippen MR) is 35.5 cm³/mol. The molecule has 0 fully saturated rings. The summed E-state index contributed by atoms with van der Waals surface area (Å²) in [7, 11) is 0. The Kier molecular flexibility index (Phi) is 3.58. The first-order valence-electron chi connectivity index (χ1n) is 1.93. The van der Waals surface area contributed by atoms with Gasteiger partial charge in [-0.2, -0.15) is 0 Å². The molecule has 0 bridgehead atoms. The van der Waals surface area contributed by atoms with Crippen LogP contribution in [0.25, 0.3) is 0 Å². The van der Waals surface area contributed by atoms with E-state index >= 15 is 0 Å². The van der Waals surface area contributed by atoms with Crippen molar-refractivity contribution >= 4 is 41.2 Å². The molecule has 0 aromatic rings. The van der Waals surface area contributed by atoms with Gasteiger partial charge in [0.05, 0.1) is 0 Å². The SMILES string of the molecule is O=CN[C@@H](O)C(Cl)(Cl)Cl. The molecule has 0 saturated carbocycles. The number of halogens is 3. The minimum atomic E-state index is -1.86. The van der Waals surface area contributed by atoms with Crippen LogP contribution in [-0.2, 0) is 4.79 Å². The summed E-state index contributed by atoms with van der Waals surface area (Å²) in [5.41, 5.74) is 0. The number of carbonyl (C=O) groups is 1. The Morgan fingerprint density at radius 2 is 2.00 bits per heavy atom. The Morgan fingerprint density at radius 1 is 1.56 bits per heavy atom. The number of hydrogen-bond donors (Lipinski definition) is 2. The average Bonchev–Trinajstić information content (AvgIpc) is 1.64. The molecular formula is C3H4Cl3NO2. The number of carbonyl (C=O) groups excluding carboxylic acids is 1. The van der Waals surface area contributed by atoms with E-state index in [1.165, 1.54) is 0 Å². The fraction of sp³-hybridized carbons (Fsp3) is 0.667. The highest BCUT2D eigenvalue weighted by molar-refractivity contribution is 6.68. The molecule has 3 nitrogen and oxygen atoms in total. The summed E-state index contributed by atoms with van der Waals surface area (Å²) >= 11 is 15.4. The number of amides is 1. The number of rotatable bonds is 2. The first kappa shape index (κ1) is 9.30. The van der Waals surface area contributed by atoms with Gasteiger partial charge in [-0.15, -0.1) is 0 Å². The van der Waals surface area contributed by atoms with Gasteiger partial charge in [0, 0.05) is 0 Å². The van der Waals surface area contributed by atoms with Crippen molar-refractivity contribution in [1.29, 1.82) is 0 Å². The van der Waals surface area contributed by atoms with E-state index in [1.807, 2.05) is 5.32 Å². The van der Waals surface area contributed by atoms with E-state index in [1.54, 1.807) is 0 Å². The molecule has 0 unspecified atom stereocenters. The lowest BCUT2D eigenvalue weighted by molar-refractivity contribution is -0.112. The second-order valence-corrected chi connectivity index (χ2v) is 3.60. The van der Waals surface area contributed by atoms with Crippen LogP contribution in [0.2, 0.25) is 0 Å². The molecule has 0 spiro atoms. The summed E-state index contributed by atoms with van der Waals surface area (Å²) in [6, 6.07) is 0. The number of alkyl halides is 3. The Labute approximate surface area is 66.9 Å². The standard InChI is InChI=1S/C3H4Cl3NO2/c4-3(5,6)2(9)7-1-8/h1-2,9H,(H,7,8)/t2-/m0/s1. The molecule has 0 aliphatic rings. The molecule has 1 amide bonds. The molecule has 0 radical (unpaired) electrons. The molecule has 0 saturated heterocycles. The third kappa shape index (κ3) is 3.81. The summed E-state index contributed by atoms with van der Waals surface area (Å²) in [4.78, 5) is 9.61. The lowest BCUT2D eigenvalue weighted by Crippen LogP contribution is -2.38. The minimum absolute atomic E-state index is 0.243. The lowest BCUT2D eigenvalue weighted by Gasteiger charge is -2.16. The van der Waals surface area contributed by atoms with E-state index in [9.17, 15) is 4.79 Å². The fourth-order valence-corrected chi connectivity index (χ4v) is 0.348. The number of nitrogens with one attached hydrogen (secondary N) is 1. The second kappa shape index (κ2) is 3.46. The first-order chi connectivity index (χ1) is 3.98. The van der Waals surface area contributed by atoms with Gasteiger partial charge in [-0.05, 0) is 0 Å². The van der Waals surface area contributed by atoms with Crippen molar-refractivity contribution in [2.24, 2.45) is 0 Å². The molecular weight excluding hydrogens is 188 g/mol. The van der Waals surface area contributed by atoms with Gasteiger partial charge >= 0.3 is 0 Å². The Bertz CT molecular complexity index is 102. The molecule has 0 rings (SSSR count). The highest BCUT2D eigenvalue weighted by Crippen LogP contribution is 2.28. The van der Waals surface area contributed by atoms with Gasteiger partial charge < -0.3 is 10.4 Å². The third-order valence-corrected chi connectivity index (χ3v) is 1.16. The number of aliphatic hydroxyl groups excluding tert-OH is 1. The smallest absolute Gasteiger partial charge is 0.234 e. The molecule has 0 aromatic heterocycles.